The van der Waals surface area contributed by atoms with Gasteiger partial charge in [-0.1, -0.05) is 49.8 Å². The van der Waals surface area contributed by atoms with Crippen molar-refractivity contribution in [2.24, 2.45) is 0 Å². The quantitative estimate of drug-likeness (QED) is 0.638. The molecule has 0 bridgehead atoms. The maximum atomic E-state index is 13.9. The van der Waals surface area contributed by atoms with E-state index in [2.05, 4.69) is 24.3 Å². The smallest absolute Gasteiger partial charge is 0.129 e. The van der Waals surface area contributed by atoms with Crippen LogP contribution in [0.1, 0.15) is 42.5 Å². The van der Waals surface area contributed by atoms with Gasteiger partial charge in [-0.05, 0) is 55.0 Å². The first-order valence-corrected chi connectivity index (χ1v) is 7.82. The van der Waals surface area contributed by atoms with E-state index in [1.807, 2.05) is 26.0 Å². The van der Waals surface area contributed by atoms with Crippen LogP contribution in [0.2, 0.25) is 0 Å². The van der Waals surface area contributed by atoms with Gasteiger partial charge in [0.25, 0.3) is 0 Å². The van der Waals surface area contributed by atoms with Gasteiger partial charge in [0.1, 0.15) is 11.6 Å². The van der Waals surface area contributed by atoms with E-state index in [9.17, 15) is 8.78 Å². The monoisotopic (exact) mass is 300 g/mol. The Morgan fingerprint density at radius 1 is 0.864 bits per heavy atom. The molecule has 0 nitrogen and oxygen atoms in total. The molecule has 0 aliphatic carbocycles. The lowest BCUT2D eigenvalue weighted by Crippen LogP contribution is -2.00. The zero-order valence-corrected chi connectivity index (χ0v) is 13.2. The van der Waals surface area contributed by atoms with Gasteiger partial charge in [0.2, 0.25) is 0 Å². The number of rotatable bonds is 6. The number of hydrogen-bond donors (Lipinski definition) is 0. The molecule has 0 N–H and O–H groups in total. The molecule has 0 atom stereocenters. The van der Waals surface area contributed by atoms with Gasteiger partial charge in [0, 0.05) is 5.56 Å². The van der Waals surface area contributed by atoms with Gasteiger partial charge >= 0.3 is 0 Å². The van der Waals surface area contributed by atoms with Crippen molar-refractivity contribution in [3.63, 3.8) is 0 Å². The Hall–Kier alpha value is -1.96. The Bertz CT molecular complexity index is 616. The summed E-state index contributed by atoms with van der Waals surface area (Å²) in [6.45, 7) is 3.91. The molecule has 0 fully saturated rings. The van der Waals surface area contributed by atoms with Crippen LogP contribution in [0.5, 0.6) is 0 Å². The minimum absolute atomic E-state index is 0.210. The normalized spacial score (nSPS) is 11.3. The van der Waals surface area contributed by atoms with Crippen LogP contribution in [-0.2, 0) is 19.3 Å². The summed E-state index contributed by atoms with van der Waals surface area (Å²) < 4.78 is 27.8. The summed E-state index contributed by atoms with van der Waals surface area (Å²) in [5.41, 5.74) is 3.26. The number of benzene rings is 2. The van der Waals surface area contributed by atoms with Crippen molar-refractivity contribution < 1.29 is 8.78 Å². The fraction of sp³-hybridized carbons (Fsp3) is 0.300. The van der Waals surface area contributed by atoms with Crippen LogP contribution in [0, 0.1) is 11.6 Å². The van der Waals surface area contributed by atoms with Crippen molar-refractivity contribution in [3.8, 4) is 0 Å². The zero-order valence-electron chi connectivity index (χ0n) is 13.2. The molecular formula is C20H22F2. The van der Waals surface area contributed by atoms with Gasteiger partial charge in [0.05, 0.1) is 0 Å². The highest BCUT2D eigenvalue weighted by molar-refractivity contribution is 5.49. The highest BCUT2D eigenvalue weighted by atomic mass is 19.1. The summed E-state index contributed by atoms with van der Waals surface area (Å²) in [7, 11) is 0. The van der Waals surface area contributed by atoms with Gasteiger partial charge in [-0.25, -0.2) is 8.78 Å². The fourth-order valence-electron chi connectivity index (χ4n) is 2.57. The van der Waals surface area contributed by atoms with E-state index < -0.39 is 11.6 Å². The van der Waals surface area contributed by atoms with Crippen LogP contribution >= 0.6 is 0 Å². The molecule has 0 saturated carbocycles. The first-order chi connectivity index (χ1) is 10.6. The minimum Gasteiger partial charge on any atom is -0.207 e. The van der Waals surface area contributed by atoms with E-state index in [1.165, 1.54) is 17.7 Å². The van der Waals surface area contributed by atoms with Crippen molar-refractivity contribution >= 4 is 6.08 Å². The van der Waals surface area contributed by atoms with E-state index in [4.69, 9.17) is 0 Å². The third-order valence-corrected chi connectivity index (χ3v) is 3.74. The molecule has 2 aromatic rings. The predicted molar refractivity (Wildman–Crippen MR) is 88.9 cm³/mol. The molecule has 0 saturated heterocycles. The van der Waals surface area contributed by atoms with E-state index in [-0.39, 0.29) is 5.56 Å². The van der Waals surface area contributed by atoms with Crippen molar-refractivity contribution in [2.75, 3.05) is 0 Å². The van der Waals surface area contributed by atoms with Crippen LogP contribution in [0.4, 0.5) is 8.78 Å². The Labute approximate surface area is 131 Å². The minimum atomic E-state index is -0.416. The maximum absolute atomic E-state index is 13.9. The molecule has 0 aliphatic heterocycles. The second-order valence-corrected chi connectivity index (χ2v) is 5.53. The maximum Gasteiger partial charge on any atom is 0.129 e. The molecule has 0 aromatic heterocycles. The van der Waals surface area contributed by atoms with Crippen LogP contribution in [0.15, 0.2) is 42.5 Å². The lowest BCUT2D eigenvalue weighted by molar-refractivity contribution is 0.549. The second-order valence-electron chi connectivity index (χ2n) is 5.53. The molecule has 116 valence electrons. The molecule has 22 heavy (non-hydrogen) atoms. The zero-order chi connectivity index (χ0) is 15.9. The Morgan fingerprint density at radius 2 is 1.45 bits per heavy atom. The Morgan fingerprint density at radius 3 is 2.00 bits per heavy atom. The van der Waals surface area contributed by atoms with Crippen LogP contribution in [0.25, 0.3) is 6.08 Å². The van der Waals surface area contributed by atoms with Gasteiger partial charge in [-0.15, -0.1) is 0 Å². The predicted octanol–water partition coefficient (Wildman–Crippen LogP) is 5.74. The summed E-state index contributed by atoms with van der Waals surface area (Å²) in [5, 5.41) is 0. The number of halogens is 2. The van der Waals surface area contributed by atoms with Crippen molar-refractivity contribution in [1.82, 2.24) is 0 Å². The van der Waals surface area contributed by atoms with Gasteiger partial charge < -0.3 is 0 Å². The lowest BCUT2D eigenvalue weighted by Gasteiger charge is -2.08. The second kappa shape index (κ2) is 7.88. The van der Waals surface area contributed by atoms with Crippen LogP contribution in [0.3, 0.4) is 0 Å². The summed E-state index contributed by atoms with van der Waals surface area (Å²) >= 11 is 0. The third kappa shape index (κ3) is 4.27. The SMILES string of the molecule is CC=Cc1ccc(CCc2cc(F)c(CCC)c(F)c2)cc1. The van der Waals surface area contributed by atoms with E-state index in [1.54, 1.807) is 0 Å². The molecule has 0 aliphatic rings. The van der Waals surface area contributed by atoms with Crippen molar-refractivity contribution in [2.45, 2.75) is 39.5 Å². The molecule has 2 rings (SSSR count). The summed E-state index contributed by atoms with van der Waals surface area (Å²) in [5.74, 6) is -0.833. The molecule has 2 heteroatoms. The summed E-state index contributed by atoms with van der Waals surface area (Å²) in [6, 6.07) is 11.2. The van der Waals surface area contributed by atoms with Crippen molar-refractivity contribution in [1.29, 1.82) is 0 Å². The molecule has 0 heterocycles. The average Bonchev–Trinajstić information content (AvgIpc) is 2.50. The number of hydrogen-bond acceptors (Lipinski definition) is 0. The van der Waals surface area contributed by atoms with Gasteiger partial charge in [0.15, 0.2) is 0 Å². The lowest BCUT2D eigenvalue weighted by atomic mass is 10.00. The van der Waals surface area contributed by atoms with Gasteiger partial charge in [-0.3, -0.25) is 0 Å². The first kappa shape index (κ1) is 16.4. The van der Waals surface area contributed by atoms with Gasteiger partial charge in [-0.2, -0.15) is 0 Å². The first-order valence-electron chi connectivity index (χ1n) is 7.82. The fourth-order valence-corrected chi connectivity index (χ4v) is 2.57. The molecule has 0 unspecified atom stereocenters. The molecule has 0 spiro atoms. The molecule has 2 aromatic carbocycles. The number of aryl methyl sites for hydroxylation is 2. The Balaban J connectivity index is 2.05. The number of allylic oxidation sites excluding steroid dienone is 1. The van der Waals surface area contributed by atoms with E-state index >= 15 is 0 Å². The average molecular weight is 300 g/mol. The van der Waals surface area contributed by atoms with Crippen molar-refractivity contribution in [3.05, 3.63) is 76.4 Å². The Kier molecular flexibility index (Phi) is 5.88. The topological polar surface area (TPSA) is 0 Å². The molecule has 0 radical (unpaired) electrons. The van der Waals surface area contributed by atoms with Crippen LogP contribution in [-0.4, -0.2) is 0 Å². The van der Waals surface area contributed by atoms with Crippen LogP contribution < -0.4 is 0 Å². The largest absolute Gasteiger partial charge is 0.207 e. The highest BCUT2D eigenvalue weighted by Crippen LogP contribution is 2.19. The standard InChI is InChI=1S/C20H22F2/c1-3-5-15-7-9-16(10-8-15)11-12-17-13-19(21)18(6-4-2)20(22)14-17/h3,5,7-10,13-14H,4,6,11-12H2,1-2H3. The summed E-state index contributed by atoms with van der Waals surface area (Å²) in [6.07, 6.45) is 6.65. The highest BCUT2D eigenvalue weighted by Gasteiger charge is 2.10. The molecule has 0 amide bonds. The third-order valence-electron chi connectivity index (χ3n) is 3.74. The van der Waals surface area contributed by atoms with E-state index in [0.29, 0.717) is 18.4 Å². The van der Waals surface area contributed by atoms with E-state index in [0.717, 1.165) is 18.4 Å². The summed E-state index contributed by atoms with van der Waals surface area (Å²) in [4.78, 5) is 0. The molecular weight excluding hydrogens is 278 g/mol.